The highest BCUT2D eigenvalue weighted by atomic mass is 32.2. The largest absolute Gasteiger partial charge is 0.389 e. The van der Waals surface area contributed by atoms with Gasteiger partial charge in [0.25, 0.3) is 16.2 Å². The van der Waals surface area contributed by atoms with Gasteiger partial charge in [-0.2, -0.15) is 25.3 Å². The molecule has 0 heterocycles. The molecule has 0 aromatic carbocycles. The Hall–Kier alpha value is -5.77. The fraction of sp³-hybridized carbons (Fsp3) is 0.898. The van der Waals surface area contributed by atoms with Gasteiger partial charge in [0.2, 0.25) is 16.0 Å². The quantitative estimate of drug-likeness (QED) is 0.00893. The molecule has 14 N–H and O–H groups in total. The number of methoxy groups -OCH3 is 1. The molecule has 0 unspecified atom stereocenters. The van der Waals surface area contributed by atoms with Crippen molar-refractivity contribution in [1.82, 2.24) is 40.1 Å². The second-order valence-electron chi connectivity index (χ2n) is 41.4. The summed E-state index contributed by atoms with van der Waals surface area (Å²) in [6.45, 7) is 59.0. The predicted molar refractivity (Wildman–Crippen MR) is 534 cm³/mol. The van der Waals surface area contributed by atoms with Gasteiger partial charge in [0.1, 0.15) is 41.6 Å². The van der Waals surface area contributed by atoms with Crippen LogP contribution in [-0.2, 0) is 59.8 Å². The molecular formula is C88H193N19O15S4. The lowest BCUT2D eigenvalue weighted by molar-refractivity contribution is -0.485. The van der Waals surface area contributed by atoms with Crippen LogP contribution in [0, 0.1) is 59.9 Å². The number of hydrogen-bond acceptors (Lipinski definition) is 18. The molecule has 0 bridgehead atoms. The molecule has 0 atom stereocenters. The summed E-state index contributed by atoms with van der Waals surface area (Å²) in [6.07, 6.45) is 27.4. The second-order valence-corrected chi connectivity index (χ2v) is 46.9. The Morgan fingerprint density at radius 3 is 1.09 bits per heavy atom. The number of hydrazone groups is 1. The molecule has 0 aliphatic heterocycles. The molecule has 0 radical (unpaired) electrons. The first kappa shape index (κ1) is 138. The third kappa shape index (κ3) is 134. The SMILES string of the molecule is CC(C)(C)CCCC(=O)CO.CC(C)(C)CCCCC(N)=NS(N)(=O)=O.CC(C)CCCN/C(=N/[N+](=O)[O-])N(C)C.CCC(=O)CCCC(C)(C)C.CN(C)C(CCCCC(C)(C)C)=NS(N)(=O)=O.CN=C(CCCCC(C)(C)C)NS(N)(=O)=O.CN=C(NCCCC(C)(C)C)N(C)C.CN=C(NCCCC(C)C)NS(C)(=O)=O.COCC(=O)CCCC(C)(C)C. The number of unbranched alkanes of at least 4 members (excludes halogenated alkanes) is 3. The molecule has 754 valence electrons. The zero-order chi connectivity index (χ0) is 101. The number of carbonyl (C=O) groups is 3. The van der Waals surface area contributed by atoms with E-state index in [1.165, 1.54) is 12.8 Å². The number of sulfonamides is 1. The van der Waals surface area contributed by atoms with E-state index >= 15 is 0 Å². The van der Waals surface area contributed by atoms with E-state index in [-0.39, 0.29) is 30.6 Å². The van der Waals surface area contributed by atoms with Crippen LogP contribution in [0.15, 0.2) is 28.9 Å². The molecule has 38 heteroatoms. The molecule has 0 spiro atoms. The topological polar surface area (TPSA) is 508 Å². The molecule has 0 saturated heterocycles. The van der Waals surface area contributed by atoms with Gasteiger partial charge in [-0.1, -0.05) is 199 Å². The molecule has 0 aromatic heterocycles. The molecular weight excluding hydrogens is 1690 g/mol. The number of aliphatic hydroxyl groups excluding tert-OH is 1. The minimum Gasteiger partial charge on any atom is -0.389 e. The molecule has 34 nitrogen and oxygen atoms in total. The molecule has 0 aromatic rings. The first-order chi connectivity index (χ1) is 56.8. The van der Waals surface area contributed by atoms with E-state index in [9.17, 15) is 58.2 Å². The minimum atomic E-state index is -3.83. The highest BCUT2D eigenvalue weighted by Gasteiger charge is 2.18. The maximum Gasteiger partial charge on any atom is 0.318 e. The normalized spacial score (nSPS) is 12.8. The standard InChI is InChI=1S/C11H25N3O2S.C11H25N3.C10H23N3O2S.C10H20O2.C10H20O.C9H20N4O2.2C9H21N3O2S.C9H18O2/c1-11(2,3)9-7-6-8-10(14(4)5)13-17(12,15)16;1-11(2,3)8-7-9-13-10(12-4)14(5)6;1-10(2,3)8-6-5-7-9(12-4)13-16(11,14)15;1-10(2,3)7-5-6-9(11)8-12-4;1-5-9(11)7-6-8-10(2,3)4;1-8(2)6-5-7-10-9(12(3)4)11-13(14)15;1-8(2)6-5-7-11-9(10-3)12-15(4,13)14;1-9(2,3)7-5-4-6-8(10)12-15(11,13)14;1-9(2,3)6-4-5-8(11)7-10/h6-9H2,1-5H3,(H2,12,15,16);7-9H2,1-6H3,(H,12,13);5-8H2,1-4H3,(H,12,13)(H2,11,14,15);5-8H2,1-4H3;5-8H2,1-4H3;8H,5-7H2,1-4H3,(H,10,11);8H,5-7H2,1-4H3,(H2,10,11,12);4-7H2,1-3H3,(H2,10,12)(H2,11,13,14);10H,4-7H2,1-3H3. The van der Waals surface area contributed by atoms with Crippen molar-refractivity contribution in [3.63, 3.8) is 0 Å². The fourth-order valence-corrected chi connectivity index (χ4v) is 12.2. The molecule has 0 aliphatic carbocycles. The number of ether oxygens (including phenoxy) is 1. The third-order valence-corrected chi connectivity index (χ3v) is 19.0. The number of aliphatic hydroxyl groups is 1. The van der Waals surface area contributed by atoms with Crippen LogP contribution < -0.4 is 46.5 Å². The maximum atomic E-state index is 11.0. The van der Waals surface area contributed by atoms with Crippen LogP contribution in [0.1, 0.15) is 360 Å². The lowest BCUT2D eigenvalue weighted by atomic mass is 9.89. The van der Waals surface area contributed by atoms with Gasteiger partial charge in [-0.25, -0.2) is 33.9 Å². The van der Waals surface area contributed by atoms with Crippen molar-refractivity contribution in [2.24, 2.45) is 99.8 Å². The number of guanidine groups is 3. The summed E-state index contributed by atoms with van der Waals surface area (Å²) in [4.78, 5) is 59.9. The van der Waals surface area contributed by atoms with Crippen LogP contribution in [-0.4, -0.2) is 221 Å². The number of amidine groups is 3. The van der Waals surface area contributed by atoms with Crippen molar-refractivity contribution in [3.05, 3.63) is 10.1 Å². The number of nitrogens with zero attached hydrogens (tertiary/aromatic N) is 10. The molecule has 0 amide bonds. The van der Waals surface area contributed by atoms with E-state index in [1.807, 2.05) is 33.0 Å². The van der Waals surface area contributed by atoms with Gasteiger partial charge in [0, 0.05) is 135 Å². The van der Waals surface area contributed by atoms with E-state index in [2.05, 4.69) is 227 Å². The minimum absolute atomic E-state index is 0.0470. The molecule has 0 saturated carbocycles. The second kappa shape index (κ2) is 73.8. The number of carbonyl (C=O) groups excluding carboxylic acids is 3. The van der Waals surface area contributed by atoms with Gasteiger partial charge >= 0.3 is 20.4 Å². The van der Waals surface area contributed by atoms with Crippen molar-refractivity contribution in [2.75, 3.05) is 110 Å². The Morgan fingerprint density at radius 1 is 0.444 bits per heavy atom. The average molecular weight is 1890 g/mol. The Kier molecular flexibility index (Phi) is 81.0. The first-order valence-electron chi connectivity index (χ1n) is 44.5. The van der Waals surface area contributed by atoms with Gasteiger partial charge < -0.3 is 46.2 Å². The number of Topliss-reactive ketones (excluding diaryl/α,β-unsaturated/α-hetero) is 3. The number of nitro groups is 1. The summed E-state index contributed by atoms with van der Waals surface area (Å²) >= 11 is 0. The van der Waals surface area contributed by atoms with Crippen molar-refractivity contribution in [3.8, 4) is 0 Å². The van der Waals surface area contributed by atoms with Crippen LogP contribution >= 0.6 is 0 Å². The Bertz CT molecular complexity index is 3470. The van der Waals surface area contributed by atoms with Crippen LogP contribution in [0.5, 0.6) is 0 Å². The summed E-state index contributed by atoms with van der Waals surface area (Å²) in [7, 11) is 2.92. The lowest BCUT2D eigenvalue weighted by Gasteiger charge is -2.20. The van der Waals surface area contributed by atoms with Crippen molar-refractivity contribution < 1.29 is 62.9 Å². The fourth-order valence-electron chi connectivity index (χ4n) is 10.2. The Labute approximate surface area is 771 Å². The average Bonchev–Trinajstić information content (AvgIpc) is 0.932. The number of nitrogens with two attached hydrogens (primary N) is 4. The number of rotatable bonds is 41. The molecule has 0 rings (SSSR count). The summed E-state index contributed by atoms with van der Waals surface area (Å²) in [5, 5.41) is 44.9. The number of aliphatic imine (C=N–C) groups is 3. The van der Waals surface area contributed by atoms with E-state index in [1.54, 1.807) is 59.2 Å². The van der Waals surface area contributed by atoms with Crippen LogP contribution in [0.25, 0.3) is 0 Å². The Morgan fingerprint density at radius 2 is 0.786 bits per heavy atom. The van der Waals surface area contributed by atoms with Crippen molar-refractivity contribution in [2.45, 2.75) is 360 Å². The van der Waals surface area contributed by atoms with Gasteiger partial charge in [0.15, 0.2) is 22.6 Å². The number of ketones is 3. The van der Waals surface area contributed by atoms with E-state index in [0.717, 1.165) is 154 Å². The summed E-state index contributed by atoms with van der Waals surface area (Å²) in [5.74, 6) is 4.47. The maximum absolute atomic E-state index is 11.0. The third-order valence-electron chi connectivity index (χ3n) is 16.9. The van der Waals surface area contributed by atoms with Gasteiger partial charge in [0.05, 0.1) is 6.26 Å². The van der Waals surface area contributed by atoms with E-state index in [0.29, 0.717) is 124 Å². The highest BCUT2D eigenvalue weighted by Crippen LogP contribution is 2.27. The zero-order valence-corrected chi connectivity index (χ0v) is 89.8. The summed E-state index contributed by atoms with van der Waals surface area (Å²) in [6, 6.07) is 0. The van der Waals surface area contributed by atoms with Gasteiger partial charge in [-0.3, -0.25) is 38.8 Å². The molecule has 126 heavy (non-hydrogen) atoms. The summed E-state index contributed by atoms with van der Waals surface area (Å²) < 4.78 is 102. The van der Waals surface area contributed by atoms with E-state index in [4.69, 9.17) is 31.0 Å². The molecule has 0 fully saturated rings. The number of hydrogen-bond donors (Lipinski definition) is 10. The monoisotopic (exact) mass is 1880 g/mol. The van der Waals surface area contributed by atoms with E-state index < -0.39 is 45.7 Å². The van der Waals surface area contributed by atoms with Crippen LogP contribution in [0.2, 0.25) is 0 Å². The smallest absolute Gasteiger partial charge is 0.318 e. The Balaban J connectivity index is -0.000000175. The number of nitrogens with one attached hydrogen (secondary N) is 5. The zero-order valence-electron chi connectivity index (χ0n) is 86.6. The van der Waals surface area contributed by atoms with Crippen molar-refractivity contribution >= 4 is 93.4 Å². The first-order valence-corrected chi connectivity index (χ1v) is 51.0. The molecule has 0 aliphatic rings. The van der Waals surface area contributed by atoms with Crippen LogP contribution in [0.4, 0.5) is 0 Å². The van der Waals surface area contributed by atoms with Crippen molar-refractivity contribution in [1.29, 1.82) is 0 Å². The lowest BCUT2D eigenvalue weighted by Crippen LogP contribution is -2.40. The highest BCUT2D eigenvalue weighted by molar-refractivity contribution is 7.89. The van der Waals surface area contributed by atoms with Gasteiger partial charge in [-0.05, 0) is 165 Å². The van der Waals surface area contributed by atoms with Gasteiger partial charge in [-0.15, -0.1) is 8.80 Å². The predicted octanol–water partition coefficient (Wildman–Crippen LogP) is 15.3. The van der Waals surface area contributed by atoms with Crippen LogP contribution in [0.3, 0.4) is 0 Å². The summed E-state index contributed by atoms with van der Waals surface area (Å²) in [5.41, 5.74) is 7.79.